The Labute approximate surface area is 142 Å². The van der Waals surface area contributed by atoms with E-state index >= 15 is 0 Å². The van der Waals surface area contributed by atoms with Gasteiger partial charge in [-0.05, 0) is 43.2 Å². The first-order valence-electron chi connectivity index (χ1n) is 8.85. The Kier molecular flexibility index (Phi) is 5.72. The first kappa shape index (κ1) is 17.6. The lowest BCUT2D eigenvalue weighted by Gasteiger charge is -2.37. The zero-order chi connectivity index (χ0) is 17.1. The molecule has 1 aliphatic carbocycles. The van der Waals surface area contributed by atoms with Gasteiger partial charge >= 0.3 is 0 Å². The normalized spacial score (nSPS) is 31.0. The number of halogens is 2. The van der Waals surface area contributed by atoms with Gasteiger partial charge in [0, 0.05) is 5.92 Å². The molecule has 5 heteroatoms. The Bertz CT molecular complexity index is 548. The average molecular weight is 340 g/mol. The highest BCUT2D eigenvalue weighted by Gasteiger charge is 2.31. The van der Waals surface area contributed by atoms with Gasteiger partial charge in [-0.1, -0.05) is 25.8 Å². The summed E-state index contributed by atoms with van der Waals surface area (Å²) < 4.78 is 44.1. The lowest BCUT2D eigenvalue weighted by molar-refractivity contribution is -0.220. The van der Waals surface area contributed by atoms with Gasteiger partial charge in [-0.25, -0.2) is 4.39 Å². The molecule has 0 radical (unpaired) electrons. The summed E-state index contributed by atoms with van der Waals surface area (Å²) in [7, 11) is 0. The van der Waals surface area contributed by atoms with Gasteiger partial charge in [-0.15, -0.1) is 0 Å². The second kappa shape index (κ2) is 7.79. The van der Waals surface area contributed by atoms with Crippen LogP contribution >= 0.6 is 0 Å². The summed E-state index contributed by atoms with van der Waals surface area (Å²) in [5.74, 6) is 0.00455. The van der Waals surface area contributed by atoms with Crippen LogP contribution < -0.4 is 4.74 Å². The maximum atomic E-state index is 13.8. The zero-order valence-corrected chi connectivity index (χ0v) is 14.4. The Morgan fingerprint density at radius 1 is 1.00 bits per heavy atom. The summed E-state index contributed by atoms with van der Waals surface area (Å²) in [6.07, 6.45) is 4.53. The van der Waals surface area contributed by atoms with Gasteiger partial charge in [-0.2, -0.15) is 4.39 Å². The van der Waals surface area contributed by atoms with Crippen LogP contribution in [-0.4, -0.2) is 26.1 Å². The van der Waals surface area contributed by atoms with Crippen LogP contribution in [0.5, 0.6) is 5.75 Å². The van der Waals surface area contributed by atoms with E-state index in [-0.39, 0.29) is 17.9 Å². The molecule has 0 aromatic heterocycles. The first-order chi connectivity index (χ1) is 11.5. The maximum Gasteiger partial charge on any atom is 0.200 e. The minimum Gasteiger partial charge on any atom is -0.485 e. The molecule has 0 atom stereocenters. The Morgan fingerprint density at radius 3 is 2.33 bits per heavy atom. The van der Waals surface area contributed by atoms with Crippen LogP contribution in [0.4, 0.5) is 8.78 Å². The monoisotopic (exact) mass is 340 g/mol. The van der Waals surface area contributed by atoms with Crippen molar-refractivity contribution < 1.29 is 23.0 Å². The van der Waals surface area contributed by atoms with E-state index in [1.807, 2.05) is 0 Å². The van der Waals surface area contributed by atoms with E-state index in [4.69, 9.17) is 14.2 Å². The molecule has 1 heterocycles. The third kappa shape index (κ3) is 4.06. The van der Waals surface area contributed by atoms with Gasteiger partial charge < -0.3 is 14.2 Å². The van der Waals surface area contributed by atoms with Crippen molar-refractivity contribution in [1.29, 1.82) is 0 Å². The Hall–Kier alpha value is -1.20. The molecular formula is C19H26F2O3. The van der Waals surface area contributed by atoms with Crippen LogP contribution in [0.15, 0.2) is 12.1 Å². The van der Waals surface area contributed by atoms with E-state index < -0.39 is 17.9 Å². The van der Waals surface area contributed by atoms with Crippen LogP contribution in [0.2, 0.25) is 0 Å². The lowest BCUT2D eigenvalue weighted by atomic mass is 9.76. The van der Waals surface area contributed by atoms with Crippen LogP contribution in [0.25, 0.3) is 0 Å². The molecule has 1 aliphatic heterocycles. The lowest BCUT2D eigenvalue weighted by Crippen LogP contribution is -2.39. The third-order valence-electron chi connectivity index (χ3n) is 5.33. The van der Waals surface area contributed by atoms with E-state index in [1.165, 1.54) is 44.7 Å². The number of hydrogen-bond donors (Lipinski definition) is 0. The molecule has 2 aliphatic rings. The van der Waals surface area contributed by atoms with Crippen molar-refractivity contribution in [2.45, 2.75) is 45.8 Å². The molecule has 0 bridgehead atoms. The average Bonchev–Trinajstić information content (AvgIpc) is 2.60. The standard InChI is InChI=1S/C19H26F2O3/c1-12-3-6-14(7-4-12)15-9-23-17(24-10-15)11-22-16-8-5-13(2)18(20)19(16)21/h5,8,12,14-15,17H,3-4,6-7,9-11H2,1-2H3. The number of rotatable bonds is 4. The van der Waals surface area contributed by atoms with Gasteiger partial charge in [0.05, 0.1) is 13.2 Å². The molecule has 0 N–H and O–H groups in total. The second-order valence-electron chi connectivity index (χ2n) is 7.20. The summed E-state index contributed by atoms with van der Waals surface area (Å²) in [6.45, 7) is 5.19. The summed E-state index contributed by atoms with van der Waals surface area (Å²) in [5.41, 5.74) is 0.259. The highest BCUT2D eigenvalue weighted by atomic mass is 19.2. The van der Waals surface area contributed by atoms with E-state index in [2.05, 4.69) is 6.92 Å². The van der Waals surface area contributed by atoms with Gasteiger partial charge in [-0.3, -0.25) is 0 Å². The van der Waals surface area contributed by atoms with E-state index in [9.17, 15) is 8.78 Å². The molecule has 0 amide bonds. The maximum absolute atomic E-state index is 13.8. The van der Waals surface area contributed by atoms with Gasteiger partial charge in [0.2, 0.25) is 5.82 Å². The minimum absolute atomic E-state index is 0.0633. The SMILES string of the molecule is Cc1ccc(OCC2OCC(C3CCC(C)CC3)CO2)c(F)c1F. The van der Waals surface area contributed by atoms with E-state index in [0.717, 1.165) is 5.92 Å². The van der Waals surface area contributed by atoms with Crippen molar-refractivity contribution in [3.63, 3.8) is 0 Å². The highest BCUT2D eigenvalue weighted by Crippen LogP contribution is 2.35. The summed E-state index contributed by atoms with van der Waals surface area (Å²) in [6, 6.07) is 2.93. The third-order valence-corrected chi connectivity index (χ3v) is 5.33. The van der Waals surface area contributed by atoms with E-state index in [0.29, 0.717) is 25.0 Å². The molecule has 2 fully saturated rings. The molecule has 1 aromatic carbocycles. The molecule has 1 saturated carbocycles. The summed E-state index contributed by atoms with van der Waals surface area (Å²) in [5, 5.41) is 0. The largest absolute Gasteiger partial charge is 0.485 e. The summed E-state index contributed by atoms with van der Waals surface area (Å²) in [4.78, 5) is 0. The molecule has 0 unspecified atom stereocenters. The predicted molar refractivity (Wildman–Crippen MR) is 86.9 cm³/mol. The van der Waals surface area contributed by atoms with Crippen molar-refractivity contribution >= 4 is 0 Å². The van der Waals surface area contributed by atoms with Crippen LogP contribution in [0, 0.1) is 36.3 Å². The van der Waals surface area contributed by atoms with Gasteiger partial charge in [0.15, 0.2) is 17.9 Å². The number of benzene rings is 1. The summed E-state index contributed by atoms with van der Waals surface area (Å²) >= 11 is 0. The van der Waals surface area contributed by atoms with E-state index in [1.54, 1.807) is 0 Å². The quantitative estimate of drug-likeness (QED) is 0.809. The van der Waals surface area contributed by atoms with Crippen molar-refractivity contribution in [1.82, 2.24) is 0 Å². The van der Waals surface area contributed by atoms with Crippen molar-refractivity contribution in [2.75, 3.05) is 19.8 Å². The fraction of sp³-hybridized carbons (Fsp3) is 0.684. The molecule has 1 saturated heterocycles. The fourth-order valence-electron chi connectivity index (χ4n) is 3.58. The molecule has 0 spiro atoms. The minimum atomic E-state index is -0.958. The molecule has 3 nitrogen and oxygen atoms in total. The smallest absolute Gasteiger partial charge is 0.200 e. The van der Waals surface area contributed by atoms with Crippen LogP contribution in [0.1, 0.15) is 38.2 Å². The Balaban J connectivity index is 1.45. The first-order valence-corrected chi connectivity index (χ1v) is 8.85. The number of hydrogen-bond acceptors (Lipinski definition) is 3. The second-order valence-corrected chi connectivity index (χ2v) is 7.20. The number of ether oxygens (including phenoxy) is 3. The zero-order valence-electron chi connectivity index (χ0n) is 14.4. The van der Waals surface area contributed by atoms with Crippen LogP contribution in [-0.2, 0) is 9.47 Å². The van der Waals surface area contributed by atoms with Gasteiger partial charge in [0.1, 0.15) is 6.61 Å². The fourth-order valence-corrected chi connectivity index (χ4v) is 3.58. The predicted octanol–water partition coefficient (Wildman–Crippen LogP) is 4.47. The Morgan fingerprint density at radius 2 is 1.67 bits per heavy atom. The molecule has 3 rings (SSSR count). The molecule has 1 aromatic rings. The topological polar surface area (TPSA) is 27.7 Å². The highest BCUT2D eigenvalue weighted by molar-refractivity contribution is 5.30. The van der Waals surface area contributed by atoms with Crippen molar-refractivity contribution in [3.8, 4) is 5.75 Å². The molecule has 24 heavy (non-hydrogen) atoms. The number of aryl methyl sites for hydroxylation is 1. The van der Waals surface area contributed by atoms with Crippen LogP contribution in [0.3, 0.4) is 0 Å². The van der Waals surface area contributed by atoms with Crippen molar-refractivity contribution in [3.05, 3.63) is 29.3 Å². The molecule has 134 valence electrons. The van der Waals surface area contributed by atoms with Crippen molar-refractivity contribution in [2.24, 2.45) is 17.8 Å². The van der Waals surface area contributed by atoms with Gasteiger partial charge in [0.25, 0.3) is 0 Å². The molecular weight excluding hydrogens is 314 g/mol.